The summed E-state index contributed by atoms with van der Waals surface area (Å²) in [6.07, 6.45) is 6.33. The molecule has 0 spiro atoms. The van der Waals surface area contributed by atoms with Gasteiger partial charge in [0.25, 0.3) is 0 Å². The molecule has 0 bridgehead atoms. The molecule has 0 aliphatic heterocycles. The summed E-state index contributed by atoms with van der Waals surface area (Å²) >= 11 is 0. The summed E-state index contributed by atoms with van der Waals surface area (Å²) < 4.78 is 5.63. The van der Waals surface area contributed by atoms with Crippen LogP contribution in [0.5, 0.6) is 0 Å². The Balaban J connectivity index is 2.25. The predicted octanol–water partition coefficient (Wildman–Crippen LogP) is 3.61. The fourth-order valence-corrected chi connectivity index (χ4v) is 2.68. The van der Waals surface area contributed by atoms with E-state index in [9.17, 15) is 4.79 Å². The highest BCUT2D eigenvalue weighted by molar-refractivity contribution is 6.02. The molecule has 0 saturated heterocycles. The van der Waals surface area contributed by atoms with E-state index in [4.69, 9.17) is 4.74 Å². The van der Waals surface area contributed by atoms with Gasteiger partial charge in [-0.3, -0.25) is 4.79 Å². The van der Waals surface area contributed by atoms with Crippen molar-refractivity contribution in [3.8, 4) is 0 Å². The van der Waals surface area contributed by atoms with Gasteiger partial charge in [-0.05, 0) is 12.8 Å². The number of hydrogen-bond donors (Lipinski definition) is 0. The minimum absolute atomic E-state index is 0.155. The molecular formula is C15H20O2. The number of rotatable bonds is 3. The van der Waals surface area contributed by atoms with Gasteiger partial charge in [-0.2, -0.15) is 0 Å². The van der Waals surface area contributed by atoms with Crippen LogP contribution in [-0.4, -0.2) is 18.5 Å². The summed E-state index contributed by atoms with van der Waals surface area (Å²) in [5, 5.41) is 0. The van der Waals surface area contributed by atoms with Crippen molar-refractivity contribution < 1.29 is 9.53 Å². The van der Waals surface area contributed by atoms with E-state index in [0.717, 1.165) is 31.2 Å². The molecule has 2 heteroatoms. The molecule has 0 radical (unpaired) electrons. The first kappa shape index (κ1) is 12.3. The molecule has 0 atom stereocenters. The van der Waals surface area contributed by atoms with E-state index in [1.165, 1.54) is 12.8 Å². The lowest BCUT2D eigenvalue weighted by Crippen LogP contribution is -2.40. The maximum absolute atomic E-state index is 12.6. The summed E-state index contributed by atoms with van der Waals surface area (Å²) in [6, 6.07) is 9.52. The fourth-order valence-electron chi connectivity index (χ4n) is 2.68. The van der Waals surface area contributed by atoms with Crippen molar-refractivity contribution in [3.05, 3.63) is 35.9 Å². The molecule has 0 unspecified atom stereocenters. The monoisotopic (exact) mass is 232 g/mol. The maximum Gasteiger partial charge on any atom is 0.194 e. The van der Waals surface area contributed by atoms with Gasteiger partial charge in [0.05, 0.1) is 0 Å². The van der Waals surface area contributed by atoms with E-state index >= 15 is 0 Å². The SMILES string of the molecule is COC1(C(=O)c2ccccc2)CCCCCC1. The van der Waals surface area contributed by atoms with Crippen molar-refractivity contribution in [3.63, 3.8) is 0 Å². The molecule has 0 amide bonds. The lowest BCUT2D eigenvalue weighted by Gasteiger charge is -2.29. The molecule has 1 saturated carbocycles. The van der Waals surface area contributed by atoms with Crippen molar-refractivity contribution in [2.24, 2.45) is 0 Å². The first-order valence-corrected chi connectivity index (χ1v) is 6.43. The molecule has 1 aliphatic rings. The zero-order chi connectivity index (χ0) is 12.1. The number of carbonyl (C=O) groups excluding carboxylic acids is 1. The van der Waals surface area contributed by atoms with E-state index in [-0.39, 0.29) is 5.78 Å². The van der Waals surface area contributed by atoms with Crippen LogP contribution in [0, 0.1) is 0 Å². The number of Topliss-reactive ketones (excluding diaryl/α,β-unsaturated/α-hetero) is 1. The van der Waals surface area contributed by atoms with Crippen LogP contribution < -0.4 is 0 Å². The molecule has 92 valence electrons. The molecule has 17 heavy (non-hydrogen) atoms. The van der Waals surface area contributed by atoms with Gasteiger partial charge >= 0.3 is 0 Å². The number of ether oxygens (including phenoxy) is 1. The second-order valence-corrected chi connectivity index (χ2v) is 4.81. The molecule has 1 aliphatic carbocycles. The van der Waals surface area contributed by atoms with Crippen LogP contribution >= 0.6 is 0 Å². The lowest BCUT2D eigenvalue weighted by molar-refractivity contribution is -0.00692. The third-order valence-corrected chi connectivity index (χ3v) is 3.75. The number of carbonyl (C=O) groups is 1. The minimum atomic E-state index is -0.572. The molecule has 0 N–H and O–H groups in total. The number of benzene rings is 1. The van der Waals surface area contributed by atoms with Gasteiger partial charge in [0, 0.05) is 12.7 Å². The first-order chi connectivity index (χ1) is 8.28. The van der Waals surface area contributed by atoms with Crippen LogP contribution in [0.25, 0.3) is 0 Å². The van der Waals surface area contributed by atoms with Gasteiger partial charge in [-0.1, -0.05) is 56.0 Å². The second-order valence-electron chi connectivity index (χ2n) is 4.81. The molecule has 0 heterocycles. The summed E-state index contributed by atoms with van der Waals surface area (Å²) in [5.74, 6) is 0.155. The Labute approximate surface area is 103 Å². The van der Waals surface area contributed by atoms with E-state index in [0.29, 0.717) is 0 Å². The van der Waals surface area contributed by atoms with Gasteiger partial charge in [-0.25, -0.2) is 0 Å². The molecule has 1 aromatic rings. The highest BCUT2D eigenvalue weighted by Gasteiger charge is 2.38. The van der Waals surface area contributed by atoms with Crippen LogP contribution in [0.4, 0.5) is 0 Å². The van der Waals surface area contributed by atoms with Crippen molar-refractivity contribution in [1.82, 2.24) is 0 Å². The maximum atomic E-state index is 12.6. The smallest absolute Gasteiger partial charge is 0.194 e. The van der Waals surface area contributed by atoms with Crippen LogP contribution in [-0.2, 0) is 4.74 Å². The standard InChI is InChI=1S/C15H20O2/c1-17-15(11-7-2-3-8-12-15)14(16)13-9-5-4-6-10-13/h4-6,9-10H,2-3,7-8,11-12H2,1H3. The molecule has 1 fully saturated rings. The lowest BCUT2D eigenvalue weighted by atomic mass is 9.86. The van der Waals surface area contributed by atoms with Crippen LogP contribution in [0.2, 0.25) is 0 Å². The quantitative estimate of drug-likeness (QED) is 0.588. The average molecular weight is 232 g/mol. The van der Waals surface area contributed by atoms with Gasteiger partial charge < -0.3 is 4.74 Å². The first-order valence-electron chi connectivity index (χ1n) is 6.43. The van der Waals surface area contributed by atoms with Gasteiger partial charge in [0.2, 0.25) is 0 Å². The Bertz CT molecular complexity index is 362. The van der Waals surface area contributed by atoms with Crippen molar-refractivity contribution in [2.45, 2.75) is 44.1 Å². The molecule has 2 rings (SSSR count). The summed E-state index contributed by atoms with van der Waals surface area (Å²) in [5.41, 5.74) is 0.203. The second kappa shape index (κ2) is 5.46. The van der Waals surface area contributed by atoms with Crippen LogP contribution in [0.15, 0.2) is 30.3 Å². The van der Waals surface area contributed by atoms with Gasteiger partial charge in [0.1, 0.15) is 5.60 Å². The topological polar surface area (TPSA) is 26.3 Å². The van der Waals surface area contributed by atoms with E-state index in [1.807, 2.05) is 30.3 Å². The zero-order valence-electron chi connectivity index (χ0n) is 10.4. The van der Waals surface area contributed by atoms with Crippen molar-refractivity contribution in [1.29, 1.82) is 0 Å². The van der Waals surface area contributed by atoms with Gasteiger partial charge in [-0.15, -0.1) is 0 Å². The van der Waals surface area contributed by atoms with E-state index in [2.05, 4.69) is 0 Å². The fraction of sp³-hybridized carbons (Fsp3) is 0.533. The van der Waals surface area contributed by atoms with E-state index in [1.54, 1.807) is 7.11 Å². The van der Waals surface area contributed by atoms with Crippen molar-refractivity contribution >= 4 is 5.78 Å². The third-order valence-electron chi connectivity index (χ3n) is 3.75. The summed E-state index contributed by atoms with van der Waals surface area (Å²) in [6.45, 7) is 0. The Morgan fingerprint density at radius 1 is 1.06 bits per heavy atom. The highest BCUT2D eigenvalue weighted by Crippen LogP contribution is 2.33. The predicted molar refractivity (Wildman–Crippen MR) is 68.2 cm³/mol. The summed E-state index contributed by atoms with van der Waals surface area (Å²) in [4.78, 5) is 12.6. The third kappa shape index (κ3) is 2.58. The zero-order valence-corrected chi connectivity index (χ0v) is 10.4. The Morgan fingerprint density at radius 2 is 1.65 bits per heavy atom. The largest absolute Gasteiger partial charge is 0.370 e. The highest BCUT2D eigenvalue weighted by atomic mass is 16.5. The number of hydrogen-bond acceptors (Lipinski definition) is 2. The van der Waals surface area contributed by atoms with Gasteiger partial charge in [0.15, 0.2) is 5.78 Å². The Kier molecular flexibility index (Phi) is 3.95. The molecule has 1 aromatic carbocycles. The van der Waals surface area contributed by atoms with Crippen molar-refractivity contribution in [2.75, 3.05) is 7.11 Å². The van der Waals surface area contributed by atoms with Crippen LogP contribution in [0.1, 0.15) is 48.9 Å². The minimum Gasteiger partial charge on any atom is -0.370 e. The molecule has 2 nitrogen and oxygen atoms in total. The Hall–Kier alpha value is -1.15. The Morgan fingerprint density at radius 3 is 2.18 bits per heavy atom. The number of ketones is 1. The summed E-state index contributed by atoms with van der Waals surface area (Å²) in [7, 11) is 1.67. The number of methoxy groups -OCH3 is 1. The normalized spacial score (nSPS) is 19.6. The molecule has 0 aromatic heterocycles. The average Bonchev–Trinajstić information content (AvgIpc) is 2.65. The molecular weight excluding hydrogens is 212 g/mol. The van der Waals surface area contributed by atoms with E-state index < -0.39 is 5.60 Å². The van der Waals surface area contributed by atoms with Crippen LogP contribution in [0.3, 0.4) is 0 Å².